The highest BCUT2D eigenvalue weighted by Crippen LogP contribution is 2.29. The van der Waals surface area contributed by atoms with Crippen LogP contribution in [0.25, 0.3) is 6.08 Å². The van der Waals surface area contributed by atoms with E-state index in [4.69, 9.17) is 9.47 Å². The Morgan fingerprint density at radius 1 is 1.14 bits per heavy atom. The van der Waals surface area contributed by atoms with Crippen LogP contribution < -0.4 is 14.8 Å². The van der Waals surface area contributed by atoms with Gasteiger partial charge >= 0.3 is 6.18 Å². The van der Waals surface area contributed by atoms with E-state index >= 15 is 0 Å². The Labute approximate surface area is 161 Å². The monoisotopic (exact) mass is 389 g/mol. The maximum Gasteiger partial charge on any atom is 0.416 e. The summed E-state index contributed by atoms with van der Waals surface area (Å²) in [7, 11) is 3.05. The summed E-state index contributed by atoms with van der Waals surface area (Å²) in [6, 6.07) is 9.87. The van der Waals surface area contributed by atoms with Crippen LogP contribution in [0.1, 0.15) is 16.7 Å². The molecule has 0 aliphatic heterocycles. The fourth-order valence-corrected chi connectivity index (χ4v) is 2.23. The fourth-order valence-electron chi connectivity index (χ4n) is 2.23. The number of methoxy groups -OCH3 is 2. The standard InChI is InChI=1S/C21H18F3NO3/c1-27-18-10-8-16(19(14-18)28-2)9-11-20(26)25-12-4-6-15-5-3-7-17(13-15)21(22,23)24/h3,5,7-11,13-14H,12H2,1-2H3,(H,25,26)/b11-9+. The van der Waals surface area contributed by atoms with Crippen LogP contribution in [-0.2, 0) is 11.0 Å². The summed E-state index contributed by atoms with van der Waals surface area (Å²) in [5.74, 6) is 6.00. The van der Waals surface area contributed by atoms with E-state index < -0.39 is 17.6 Å². The van der Waals surface area contributed by atoms with Crippen LogP contribution in [0.5, 0.6) is 11.5 Å². The minimum absolute atomic E-state index is 0.000827. The average Bonchev–Trinajstić information content (AvgIpc) is 2.69. The number of benzene rings is 2. The molecule has 0 atom stereocenters. The number of carbonyl (C=O) groups is 1. The highest BCUT2D eigenvalue weighted by atomic mass is 19.4. The second-order valence-corrected chi connectivity index (χ2v) is 5.54. The predicted octanol–water partition coefficient (Wildman–Crippen LogP) is 3.90. The summed E-state index contributed by atoms with van der Waals surface area (Å²) in [4.78, 5) is 11.9. The molecular formula is C21H18F3NO3. The van der Waals surface area contributed by atoms with Crippen LogP contribution in [0.15, 0.2) is 48.5 Å². The first kappa shape index (κ1) is 20.9. The smallest absolute Gasteiger partial charge is 0.416 e. The van der Waals surface area contributed by atoms with Gasteiger partial charge < -0.3 is 14.8 Å². The number of amides is 1. The van der Waals surface area contributed by atoms with Gasteiger partial charge in [-0.1, -0.05) is 17.9 Å². The molecule has 7 heteroatoms. The summed E-state index contributed by atoms with van der Waals surface area (Å²) in [6.45, 7) is -0.000827. The van der Waals surface area contributed by atoms with Crippen molar-refractivity contribution in [2.24, 2.45) is 0 Å². The minimum Gasteiger partial charge on any atom is -0.497 e. The zero-order valence-corrected chi connectivity index (χ0v) is 15.3. The molecule has 0 saturated heterocycles. The molecule has 0 heterocycles. The van der Waals surface area contributed by atoms with Gasteiger partial charge in [-0.2, -0.15) is 13.2 Å². The highest BCUT2D eigenvalue weighted by molar-refractivity contribution is 5.92. The van der Waals surface area contributed by atoms with Crippen molar-refractivity contribution >= 4 is 12.0 Å². The number of nitrogens with one attached hydrogen (secondary N) is 1. The van der Waals surface area contributed by atoms with E-state index in [2.05, 4.69) is 17.2 Å². The molecule has 146 valence electrons. The van der Waals surface area contributed by atoms with Gasteiger partial charge in [0.25, 0.3) is 0 Å². The number of rotatable bonds is 5. The molecule has 0 aromatic heterocycles. The molecule has 28 heavy (non-hydrogen) atoms. The van der Waals surface area contributed by atoms with Gasteiger partial charge in [0.05, 0.1) is 26.3 Å². The molecule has 0 fully saturated rings. The zero-order valence-electron chi connectivity index (χ0n) is 15.3. The summed E-state index contributed by atoms with van der Waals surface area (Å²) < 4.78 is 48.3. The Kier molecular flexibility index (Phi) is 7.10. The zero-order chi connectivity index (χ0) is 20.6. The summed E-state index contributed by atoms with van der Waals surface area (Å²) in [5, 5.41) is 2.54. The first-order valence-corrected chi connectivity index (χ1v) is 8.17. The Morgan fingerprint density at radius 2 is 1.93 bits per heavy atom. The second-order valence-electron chi connectivity index (χ2n) is 5.54. The molecule has 1 N–H and O–H groups in total. The van der Waals surface area contributed by atoms with Crippen LogP contribution in [0.3, 0.4) is 0 Å². The number of alkyl halides is 3. The largest absolute Gasteiger partial charge is 0.497 e. The minimum atomic E-state index is -4.42. The highest BCUT2D eigenvalue weighted by Gasteiger charge is 2.30. The van der Waals surface area contributed by atoms with Crippen molar-refractivity contribution < 1.29 is 27.4 Å². The average molecular weight is 389 g/mol. The van der Waals surface area contributed by atoms with E-state index in [1.54, 1.807) is 24.3 Å². The molecule has 2 aromatic rings. The Balaban J connectivity index is 1.94. The number of hydrogen-bond acceptors (Lipinski definition) is 3. The maximum absolute atomic E-state index is 12.7. The van der Waals surface area contributed by atoms with Crippen LogP contribution >= 0.6 is 0 Å². The van der Waals surface area contributed by atoms with Gasteiger partial charge in [-0.25, -0.2) is 0 Å². The van der Waals surface area contributed by atoms with Crippen molar-refractivity contribution in [2.75, 3.05) is 20.8 Å². The molecule has 0 spiro atoms. The van der Waals surface area contributed by atoms with Gasteiger partial charge in [0.15, 0.2) is 0 Å². The lowest BCUT2D eigenvalue weighted by Gasteiger charge is -2.07. The second kappa shape index (κ2) is 9.51. The van der Waals surface area contributed by atoms with Crippen molar-refractivity contribution in [3.8, 4) is 23.3 Å². The lowest BCUT2D eigenvalue weighted by Crippen LogP contribution is -2.20. The number of carbonyl (C=O) groups excluding carboxylic acids is 1. The Hall–Kier alpha value is -3.40. The molecule has 0 saturated carbocycles. The van der Waals surface area contributed by atoms with Crippen molar-refractivity contribution in [3.05, 3.63) is 65.2 Å². The van der Waals surface area contributed by atoms with Gasteiger partial charge in [0, 0.05) is 23.3 Å². The third kappa shape index (κ3) is 6.09. The molecular weight excluding hydrogens is 371 g/mol. The van der Waals surface area contributed by atoms with Gasteiger partial charge in [0.1, 0.15) is 11.5 Å². The van der Waals surface area contributed by atoms with Crippen LogP contribution in [-0.4, -0.2) is 26.7 Å². The van der Waals surface area contributed by atoms with E-state index in [0.717, 1.165) is 12.1 Å². The first-order chi connectivity index (χ1) is 13.3. The molecule has 0 aliphatic rings. The molecule has 4 nitrogen and oxygen atoms in total. The number of ether oxygens (including phenoxy) is 2. The van der Waals surface area contributed by atoms with Crippen LogP contribution in [0, 0.1) is 11.8 Å². The van der Waals surface area contributed by atoms with Crippen LogP contribution in [0.2, 0.25) is 0 Å². The number of hydrogen-bond donors (Lipinski definition) is 1. The number of halogens is 3. The van der Waals surface area contributed by atoms with Gasteiger partial charge in [0.2, 0.25) is 5.91 Å². The topological polar surface area (TPSA) is 47.6 Å². The van der Waals surface area contributed by atoms with E-state index in [-0.39, 0.29) is 12.1 Å². The lowest BCUT2D eigenvalue weighted by atomic mass is 10.1. The van der Waals surface area contributed by atoms with Crippen molar-refractivity contribution in [3.63, 3.8) is 0 Å². The van der Waals surface area contributed by atoms with Gasteiger partial charge in [-0.3, -0.25) is 4.79 Å². The first-order valence-electron chi connectivity index (χ1n) is 8.17. The lowest BCUT2D eigenvalue weighted by molar-refractivity contribution is -0.137. The van der Waals surface area contributed by atoms with Gasteiger partial charge in [-0.05, 0) is 36.4 Å². The normalized spacial score (nSPS) is 10.9. The molecule has 1 amide bonds. The molecule has 0 radical (unpaired) electrons. The van der Waals surface area contributed by atoms with Crippen molar-refractivity contribution in [1.82, 2.24) is 5.32 Å². The summed E-state index contributed by atoms with van der Waals surface area (Å²) in [5.41, 5.74) is 0.149. The van der Waals surface area contributed by atoms with Crippen molar-refractivity contribution in [2.45, 2.75) is 6.18 Å². The third-order valence-electron chi connectivity index (χ3n) is 3.63. The molecule has 0 unspecified atom stereocenters. The summed E-state index contributed by atoms with van der Waals surface area (Å²) >= 11 is 0. The van der Waals surface area contributed by atoms with Crippen LogP contribution in [0.4, 0.5) is 13.2 Å². The Morgan fingerprint density at radius 3 is 2.61 bits per heavy atom. The predicted molar refractivity (Wildman–Crippen MR) is 99.9 cm³/mol. The molecule has 2 rings (SSSR count). The van der Waals surface area contributed by atoms with E-state index in [1.807, 2.05) is 0 Å². The SMILES string of the molecule is COc1ccc(/C=C/C(=O)NCC#Cc2cccc(C(F)(F)F)c2)c(OC)c1. The van der Waals surface area contributed by atoms with E-state index in [9.17, 15) is 18.0 Å². The van der Waals surface area contributed by atoms with Gasteiger partial charge in [-0.15, -0.1) is 0 Å². The molecule has 0 aliphatic carbocycles. The maximum atomic E-state index is 12.7. The molecule has 0 bridgehead atoms. The van der Waals surface area contributed by atoms with Crippen molar-refractivity contribution in [1.29, 1.82) is 0 Å². The third-order valence-corrected chi connectivity index (χ3v) is 3.63. The Bertz CT molecular complexity index is 924. The summed E-state index contributed by atoms with van der Waals surface area (Å²) in [6.07, 6.45) is -1.52. The fraction of sp³-hybridized carbons (Fsp3) is 0.190. The molecule has 2 aromatic carbocycles. The quantitative estimate of drug-likeness (QED) is 0.623. The van der Waals surface area contributed by atoms with E-state index in [1.165, 1.54) is 32.4 Å². The van der Waals surface area contributed by atoms with E-state index in [0.29, 0.717) is 17.1 Å².